The van der Waals surface area contributed by atoms with Gasteiger partial charge in [0.2, 0.25) is 11.8 Å². The summed E-state index contributed by atoms with van der Waals surface area (Å²) in [7, 11) is 1.77. The van der Waals surface area contributed by atoms with Crippen molar-refractivity contribution in [1.29, 1.82) is 0 Å². The molecule has 6 nitrogen and oxygen atoms in total. The molecule has 24 heavy (non-hydrogen) atoms. The van der Waals surface area contributed by atoms with Crippen molar-refractivity contribution in [3.05, 3.63) is 35.9 Å². The Morgan fingerprint density at radius 2 is 1.88 bits per heavy atom. The van der Waals surface area contributed by atoms with Crippen molar-refractivity contribution in [2.45, 2.75) is 19.4 Å². The van der Waals surface area contributed by atoms with Gasteiger partial charge < -0.3 is 15.0 Å². The van der Waals surface area contributed by atoms with Gasteiger partial charge in [-0.1, -0.05) is 30.3 Å². The summed E-state index contributed by atoms with van der Waals surface area (Å²) in [5.74, 6) is -0.0769. The Labute approximate surface area is 143 Å². The van der Waals surface area contributed by atoms with Crippen LogP contribution in [-0.2, 0) is 20.9 Å². The van der Waals surface area contributed by atoms with E-state index in [1.807, 2.05) is 30.3 Å². The second-order valence-electron chi connectivity index (χ2n) is 6.04. The Morgan fingerprint density at radius 3 is 2.58 bits per heavy atom. The molecule has 1 aromatic carbocycles. The summed E-state index contributed by atoms with van der Waals surface area (Å²) in [5.41, 5.74) is 1.09. The van der Waals surface area contributed by atoms with E-state index in [1.54, 1.807) is 11.9 Å². The maximum absolute atomic E-state index is 12.1. The average Bonchev–Trinajstić information content (AvgIpc) is 2.61. The van der Waals surface area contributed by atoms with Crippen molar-refractivity contribution in [1.82, 2.24) is 15.1 Å². The summed E-state index contributed by atoms with van der Waals surface area (Å²) in [4.78, 5) is 27.9. The number of benzene rings is 1. The fraction of sp³-hybridized carbons (Fsp3) is 0.556. The maximum atomic E-state index is 12.1. The highest BCUT2D eigenvalue weighted by Crippen LogP contribution is 2.05. The van der Waals surface area contributed by atoms with Gasteiger partial charge in [0.15, 0.2) is 0 Å². The van der Waals surface area contributed by atoms with E-state index in [9.17, 15) is 9.59 Å². The van der Waals surface area contributed by atoms with Gasteiger partial charge in [-0.2, -0.15) is 0 Å². The van der Waals surface area contributed by atoms with Crippen LogP contribution in [0, 0.1) is 0 Å². The lowest BCUT2D eigenvalue weighted by atomic mass is 10.2. The number of morpholine rings is 1. The first-order chi connectivity index (χ1) is 11.6. The molecular formula is C18H27N3O3. The van der Waals surface area contributed by atoms with Crippen LogP contribution < -0.4 is 5.32 Å². The summed E-state index contributed by atoms with van der Waals surface area (Å²) in [5, 5.41) is 2.88. The molecule has 2 amide bonds. The van der Waals surface area contributed by atoms with Gasteiger partial charge in [0.1, 0.15) is 0 Å². The molecule has 0 spiro atoms. The van der Waals surface area contributed by atoms with Gasteiger partial charge in [0.25, 0.3) is 0 Å². The molecule has 1 aromatic rings. The number of carbonyl (C=O) groups is 2. The van der Waals surface area contributed by atoms with Crippen LogP contribution in [0.3, 0.4) is 0 Å². The van der Waals surface area contributed by atoms with Crippen molar-refractivity contribution in [3.8, 4) is 0 Å². The number of ether oxygens (including phenoxy) is 1. The smallest absolute Gasteiger partial charge is 0.223 e. The molecule has 1 fully saturated rings. The van der Waals surface area contributed by atoms with Crippen LogP contribution in [0.5, 0.6) is 0 Å². The molecule has 0 saturated carbocycles. The van der Waals surface area contributed by atoms with Crippen molar-refractivity contribution < 1.29 is 14.3 Å². The number of nitrogens with one attached hydrogen (secondary N) is 1. The second kappa shape index (κ2) is 10.1. The average molecular weight is 333 g/mol. The third-order valence-corrected chi connectivity index (χ3v) is 4.11. The van der Waals surface area contributed by atoms with Crippen LogP contribution in [0.15, 0.2) is 30.3 Å². The van der Waals surface area contributed by atoms with Gasteiger partial charge in [-0.3, -0.25) is 14.5 Å². The summed E-state index contributed by atoms with van der Waals surface area (Å²) in [6, 6.07) is 9.84. The van der Waals surface area contributed by atoms with Crippen LogP contribution >= 0.6 is 0 Å². The van der Waals surface area contributed by atoms with E-state index in [4.69, 9.17) is 4.74 Å². The quantitative estimate of drug-likeness (QED) is 0.767. The van der Waals surface area contributed by atoms with E-state index < -0.39 is 0 Å². The minimum absolute atomic E-state index is 0.0119. The molecule has 0 aromatic heterocycles. The molecule has 0 unspecified atom stereocenters. The summed E-state index contributed by atoms with van der Waals surface area (Å²) >= 11 is 0. The van der Waals surface area contributed by atoms with Crippen LogP contribution in [0.2, 0.25) is 0 Å². The minimum atomic E-state index is -0.0651. The third-order valence-electron chi connectivity index (χ3n) is 4.11. The second-order valence-corrected chi connectivity index (χ2v) is 6.04. The van der Waals surface area contributed by atoms with Gasteiger partial charge in [0, 0.05) is 52.6 Å². The van der Waals surface area contributed by atoms with Crippen LogP contribution in [-0.4, -0.2) is 68.1 Å². The molecule has 0 bridgehead atoms. The topological polar surface area (TPSA) is 61.9 Å². The third kappa shape index (κ3) is 6.68. The molecule has 1 heterocycles. The Balaban J connectivity index is 1.59. The Morgan fingerprint density at radius 1 is 1.17 bits per heavy atom. The SMILES string of the molecule is CN(Cc1ccccc1)C(=O)CCC(=O)NCCN1CCOCC1. The first-order valence-electron chi connectivity index (χ1n) is 8.50. The largest absolute Gasteiger partial charge is 0.379 e. The summed E-state index contributed by atoms with van der Waals surface area (Å²) in [6.45, 7) is 5.37. The molecule has 1 N–H and O–H groups in total. The molecule has 1 aliphatic rings. The fourth-order valence-electron chi connectivity index (χ4n) is 2.62. The molecule has 1 saturated heterocycles. The molecule has 0 atom stereocenters. The molecular weight excluding hydrogens is 306 g/mol. The van der Waals surface area contributed by atoms with Gasteiger partial charge in [-0.05, 0) is 5.56 Å². The number of rotatable bonds is 8. The monoisotopic (exact) mass is 333 g/mol. The molecule has 6 heteroatoms. The molecule has 0 aliphatic carbocycles. The van der Waals surface area contributed by atoms with Crippen LogP contribution in [0.25, 0.3) is 0 Å². The summed E-state index contributed by atoms with van der Waals surface area (Å²) in [6.07, 6.45) is 0.480. The van der Waals surface area contributed by atoms with Crippen molar-refractivity contribution in [2.75, 3.05) is 46.4 Å². The zero-order valence-corrected chi connectivity index (χ0v) is 14.4. The molecule has 0 radical (unpaired) electrons. The van der Waals surface area contributed by atoms with E-state index in [2.05, 4.69) is 10.2 Å². The van der Waals surface area contributed by atoms with Crippen LogP contribution in [0.4, 0.5) is 0 Å². The zero-order chi connectivity index (χ0) is 17.2. The lowest BCUT2D eigenvalue weighted by molar-refractivity contribution is -0.133. The molecule has 132 valence electrons. The summed E-state index contributed by atoms with van der Waals surface area (Å²) < 4.78 is 5.29. The standard InChI is InChI=1S/C18H27N3O3/c1-20(15-16-5-3-2-4-6-16)18(23)8-7-17(22)19-9-10-21-11-13-24-14-12-21/h2-6H,7-15H2,1H3,(H,19,22). The van der Waals surface area contributed by atoms with E-state index >= 15 is 0 Å². The van der Waals surface area contributed by atoms with E-state index in [0.29, 0.717) is 13.1 Å². The normalized spacial score (nSPS) is 15.0. The molecule has 1 aliphatic heterocycles. The first-order valence-corrected chi connectivity index (χ1v) is 8.50. The van der Waals surface area contributed by atoms with Crippen LogP contribution in [0.1, 0.15) is 18.4 Å². The predicted molar refractivity (Wildman–Crippen MR) is 92.4 cm³/mol. The zero-order valence-electron chi connectivity index (χ0n) is 14.4. The first kappa shape index (κ1) is 18.4. The lowest BCUT2D eigenvalue weighted by Gasteiger charge is -2.26. The Bertz CT molecular complexity index is 516. The predicted octanol–water partition coefficient (Wildman–Crippen LogP) is 0.874. The Hall–Kier alpha value is -1.92. The highest BCUT2D eigenvalue weighted by Gasteiger charge is 2.13. The number of carbonyl (C=O) groups excluding carboxylic acids is 2. The number of nitrogens with zero attached hydrogens (tertiary/aromatic N) is 2. The number of hydrogen-bond donors (Lipinski definition) is 1. The van der Waals surface area contributed by atoms with E-state index in [-0.39, 0.29) is 24.7 Å². The highest BCUT2D eigenvalue weighted by molar-refractivity contribution is 5.83. The Kier molecular flexibility index (Phi) is 7.71. The van der Waals surface area contributed by atoms with Gasteiger partial charge in [0.05, 0.1) is 13.2 Å². The van der Waals surface area contributed by atoms with Gasteiger partial charge in [-0.25, -0.2) is 0 Å². The van der Waals surface area contributed by atoms with Gasteiger partial charge in [-0.15, -0.1) is 0 Å². The van der Waals surface area contributed by atoms with Crippen molar-refractivity contribution in [3.63, 3.8) is 0 Å². The van der Waals surface area contributed by atoms with Gasteiger partial charge >= 0.3 is 0 Å². The fourth-order valence-corrected chi connectivity index (χ4v) is 2.62. The molecule has 2 rings (SSSR count). The van der Waals surface area contributed by atoms with E-state index in [1.165, 1.54) is 0 Å². The lowest BCUT2D eigenvalue weighted by Crippen LogP contribution is -2.41. The number of amides is 2. The number of hydrogen-bond acceptors (Lipinski definition) is 4. The maximum Gasteiger partial charge on any atom is 0.223 e. The minimum Gasteiger partial charge on any atom is -0.379 e. The van der Waals surface area contributed by atoms with Crippen molar-refractivity contribution >= 4 is 11.8 Å². The van der Waals surface area contributed by atoms with E-state index in [0.717, 1.165) is 38.4 Å². The van der Waals surface area contributed by atoms with Crippen molar-refractivity contribution in [2.24, 2.45) is 0 Å². The highest BCUT2D eigenvalue weighted by atomic mass is 16.5.